The number of rotatable bonds is 6. The average Bonchev–Trinajstić information content (AvgIpc) is 3.31. The second kappa shape index (κ2) is 12.5. The molecule has 5 rings (SSSR count). The first-order chi connectivity index (χ1) is 18.2. The third-order valence-corrected chi connectivity index (χ3v) is 9.66. The van der Waals surface area contributed by atoms with Crippen molar-refractivity contribution in [3.05, 3.63) is 47.1 Å². The van der Waals surface area contributed by atoms with E-state index in [9.17, 15) is 9.00 Å². The smallest absolute Gasteiger partial charge is 0.290 e. The molecule has 2 aromatic carbocycles. The number of carbonyl (C=O) groups excluding carboxylic acids is 1. The summed E-state index contributed by atoms with van der Waals surface area (Å²) in [5, 5.41) is 12.7. The van der Waals surface area contributed by atoms with Gasteiger partial charge in [0, 0.05) is 23.1 Å². The van der Waals surface area contributed by atoms with Gasteiger partial charge < -0.3 is 10.4 Å². The van der Waals surface area contributed by atoms with Gasteiger partial charge in [-0.1, -0.05) is 49.6 Å². The summed E-state index contributed by atoms with van der Waals surface area (Å²) in [7, 11) is -1.33. The van der Waals surface area contributed by atoms with Gasteiger partial charge in [-0.25, -0.2) is 13.9 Å². The van der Waals surface area contributed by atoms with E-state index in [1.165, 1.54) is 37.0 Å². The Hall–Kier alpha value is -2.62. The maximum absolute atomic E-state index is 13.2. The van der Waals surface area contributed by atoms with Gasteiger partial charge >= 0.3 is 0 Å². The van der Waals surface area contributed by atoms with E-state index in [1.54, 1.807) is 0 Å². The Balaban J connectivity index is 0.00000107. The lowest BCUT2D eigenvalue weighted by atomic mass is 9.85. The molecule has 1 unspecified atom stereocenters. The van der Waals surface area contributed by atoms with Crippen LogP contribution in [-0.2, 0) is 15.8 Å². The molecule has 2 saturated carbocycles. The number of aromatic nitrogens is 1. The second-order valence-corrected chi connectivity index (χ2v) is 13.2. The van der Waals surface area contributed by atoms with Crippen LogP contribution in [0.25, 0.3) is 21.2 Å². The van der Waals surface area contributed by atoms with Gasteiger partial charge in [0.1, 0.15) is 11.0 Å². The van der Waals surface area contributed by atoms with E-state index in [4.69, 9.17) is 14.9 Å². The predicted octanol–water partition coefficient (Wildman–Crippen LogP) is 6.40. The molecule has 9 heteroatoms. The molecule has 7 nitrogen and oxygen atoms in total. The van der Waals surface area contributed by atoms with Crippen LogP contribution in [0.2, 0.25) is 0 Å². The number of hydrogen-bond donors (Lipinski definition) is 3. The Morgan fingerprint density at radius 3 is 2.29 bits per heavy atom. The van der Waals surface area contributed by atoms with Crippen molar-refractivity contribution < 1.29 is 18.9 Å². The quantitative estimate of drug-likeness (QED) is 0.305. The van der Waals surface area contributed by atoms with Gasteiger partial charge in [0.05, 0.1) is 15.5 Å². The fraction of sp³-hybridized carbons (Fsp3) is 0.483. The number of thiazole rings is 1. The SMILES string of the molecule is CC(C)(C)NS(=O)c1ccc(-c2sc(C(=O)NC3CCC3)nc2C2CCCCC2)c2ccccc12.O=CO. The first-order valence-electron chi connectivity index (χ1n) is 13.3. The van der Waals surface area contributed by atoms with Crippen LogP contribution in [0.4, 0.5) is 0 Å². The zero-order valence-electron chi connectivity index (χ0n) is 22.3. The molecule has 1 amide bonds. The molecule has 1 aromatic heterocycles. The summed E-state index contributed by atoms with van der Waals surface area (Å²) >= 11 is 1.52. The van der Waals surface area contributed by atoms with Gasteiger partial charge in [-0.15, -0.1) is 11.3 Å². The molecule has 2 fully saturated rings. The highest BCUT2D eigenvalue weighted by molar-refractivity contribution is 7.83. The summed E-state index contributed by atoms with van der Waals surface area (Å²) in [6.45, 7) is 5.81. The molecule has 1 heterocycles. The molecular formula is C29H37N3O4S2. The molecule has 1 atom stereocenters. The molecule has 0 saturated heterocycles. The van der Waals surface area contributed by atoms with Crippen molar-refractivity contribution in [3.63, 3.8) is 0 Å². The minimum absolute atomic E-state index is 0.0422. The van der Waals surface area contributed by atoms with Crippen molar-refractivity contribution in [3.8, 4) is 10.4 Å². The lowest BCUT2D eigenvalue weighted by Crippen LogP contribution is -2.39. The van der Waals surface area contributed by atoms with E-state index >= 15 is 0 Å². The fourth-order valence-corrected chi connectivity index (χ4v) is 7.37. The number of nitrogens with one attached hydrogen (secondary N) is 2. The second-order valence-electron chi connectivity index (χ2n) is 11.1. The van der Waals surface area contributed by atoms with Crippen LogP contribution in [0.15, 0.2) is 41.3 Å². The standard InChI is InChI=1S/C28H35N3O2S2.CH2O2/c1-28(2,3)31-35(33)23-17-16-22(20-14-7-8-15-21(20)23)25-24(18-10-5-4-6-11-18)30-27(34-25)26(32)29-19-12-9-13-19;2-1-3/h7-8,14-19,31H,4-6,9-13H2,1-3H3,(H,29,32);1H,(H,2,3). The topological polar surface area (TPSA) is 108 Å². The Bertz CT molecular complexity index is 1300. The number of fused-ring (bicyclic) bond motifs is 1. The maximum Gasteiger partial charge on any atom is 0.290 e. The van der Waals surface area contributed by atoms with Crippen LogP contribution >= 0.6 is 11.3 Å². The van der Waals surface area contributed by atoms with Crippen molar-refractivity contribution in [2.24, 2.45) is 0 Å². The summed E-state index contributed by atoms with van der Waals surface area (Å²) in [5.74, 6) is 0.342. The number of hydrogen-bond acceptors (Lipinski definition) is 5. The number of benzene rings is 2. The monoisotopic (exact) mass is 555 g/mol. The maximum atomic E-state index is 13.2. The third-order valence-electron chi connectivity index (χ3n) is 7.01. The van der Waals surface area contributed by atoms with E-state index in [0.29, 0.717) is 17.0 Å². The normalized spacial score (nSPS) is 17.2. The van der Waals surface area contributed by atoms with Crippen molar-refractivity contribution in [1.82, 2.24) is 15.0 Å². The largest absolute Gasteiger partial charge is 0.483 e. The zero-order valence-corrected chi connectivity index (χ0v) is 23.9. The molecular weight excluding hydrogens is 518 g/mol. The van der Waals surface area contributed by atoms with E-state index in [1.807, 2.05) is 45.0 Å². The van der Waals surface area contributed by atoms with Gasteiger partial charge in [-0.3, -0.25) is 9.59 Å². The minimum Gasteiger partial charge on any atom is -0.483 e. The van der Waals surface area contributed by atoms with Crippen molar-refractivity contribution in [2.45, 2.75) is 94.5 Å². The van der Waals surface area contributed by atoms with Crippen LogP contribution < -0.4 is 10.0 Å². The Kier molecular flexibility index (Phi) is 9.33. The van der Waals surface area contributed by atoms with E-state index in [0.717, 1.165) is 57.5 Å². The highest BCUT2D eigenvalue weighted by atomic mass is 32.2. The van der Waals surface area contributed by atoms with E-state index in [-0.39, 0.29) is 17.9 Å². The number of nitrogens with zero attached hydrogens (tertiary/aromatic N) is 1. The zero-order chi connectivity index (χ0) is 27.3. The highest BCUT2D eigenvalue weighted by Gasteiger charge is 2.28. The average molecular weight is 556 g/mol. The molecule has 38 heavy (non-hydrogen) atoms. The lowest BCUT2D eigenvalue weighted by molar-refractivity contribution is -0.122. The van der Waals surface area contributed by atoms with Crippen LogP contribution in [0.5, 0.6) is 0 Å². The Morgan fingerprint density at radius 1 is 1.03 bits per heavy atom. The van der Waals surface area contributed by atoms with Gasteiger partial charge in [0.25, 0.3) is 12.4 Å². The van der Waals surface area contributed by atoms with Gasteiger partial charge in [-0.05, 0) is 69.7 Å². The Labute approximate surface area is 231 Å². The molecule has 0 aliphatic heterocycles. The molecule has 2 aliphatic rings. The predicted molar refractivity (Wildman–Crippen MR) is 154 cm³/mol. The summed E-state index contributed by atoms with van der Waals surface area (Å²) in [5.41, 5.74) is 1.89. The molecule has 0 radical (unpaired) electrons. The molecule has 2 aliphatic carbocycles. The summed E-state index contributed by atoms with van der Waals surface area (Å²) < 4.78 is 16.4. The summed E-state index contributed by atoms with van der Waals surface area (Å²) in [6.07, 6.45) is 9.24. The molecule has 204 valence electrons. The fourth-order valence-electron chi connectivity index (χ4n) is 5.04. The van der Waals surface area contributed by atoms with E-state index < -0.39 is 11.0 Å². The van der Waals surface area contributed by atoms with Crippen LogP contribution in [0.1, 0.15) is 93.6 Å². The van der Waals surface area contributed by atoms with Crippen molar-refractivity contribution in [2.75, 3.05) is 0 Å². The number of carboxylic acid groups (broad SMARTS) is 1. The molecule has 0 bridgehead atoms. The lowest BCUT2D eigenvalue weighted by Gasteiger charge is -2.25. The van der Waals surface area contributed by atoms with Crippen LogP contribution in [-0.4, -0.2) is 38.3 Å². The number of carbonyl (C=O) groups is 2. The first-order valence-corrected chi connectivity index (χ1v) is 15.3. The first kappa shape index (κ1) is 28.4. The molecule has 3 N–H and O–H groups in total. The summed E-state index contributed by atoms with van der Waals surface area (Å²) in [4.78, 5) is 28.3. The Morgan fingerprint density at radius 2 is 1.68 bits per heavy atom. The molecule has 0 spiro atoms. The van der Waals surface area contributed by atoms with Crippen molar-refractivity contribution in [1.29, 1.82) is 0 Å². The van der Waals surface area contributed by atoms with Crippen molar-refractivity contribution >= 4 is 45.5 Å². The van der Waals surface area contributed by atoms with Gasteiger partial charge in [-0.2, -0.15) is 0 Å². The number of amides is 1. The minimum atomic E-state index is -1.33. The van der Waals surface area contributed by atoms with E-state index in [2.05, 4.69) is 22.2 Å². The van der Waals surface area contributed by atoms with Crippen LogP contribution in [0.3, 0.4) is 0 Å². The van der Waals surface area contributed by atoms with Gasteiger partial charge in [0.15, 0.2) is 5.01 Å². The third kappa shape index (κ3) is 6.68. The summed E-state index contributed by atoms with van der Waals surface area (Å²) in [6, 6.07) is 12.5. The highest BCUT2D eigenvalue weighted by Crippen LogP contribution is 2.43. The van der Waals surface area contributed by atoms with Gasteiger partial charge in [0.2, 0.25) is 0 Å². The molecule has 3 aromatic rings. The van der Waals surface area contributed by atoms with Crippen LogP contribution in [0, 0.1) is 0 Å².